The lowest BCUT2D eigenvalue weighted by atomic mass is 10.2. The van der Waals surface area contributed by atoms with Crippen molar-refractivity contribution in [2.75, 3.05) is 0 Å². The molecule has 2 fully saturated rings. The summed E-state index contributed by atoms with van der Waals surface area (Å²) in [4.78, 5) is 10.8. The largest absolute Gasteiger partial charge is 0.299 e. The summed E-state index contributed by atoms with van der Waals surface area (Å²) in [5, 5.41) is 0. The van der Waals surface area contributed by atoms with E-state index >= 15 is 0 Å². The zero-order chi connectivity index (χ0) is 9.15. The first kappa shape index (κ1) is 8.01. The molecule has 0 aromatic carbocycles. The van der Waals surface area contributed by atoms with E-state index in [9.17, 15) is 22.4 Å². The number of carbonyl (C=O) groups is 1. The summed E-state index contributed by atoms with van der Waals surface area (Å²) >= 11 is 0. The summed E-state index contributed by atoms with van der Waals surface area (Å²) in [5.74, 6) is -9.80. The Kier molecular flexibility index (Phi) is 1.22. The Morgan fingerprint density at radius 3 is 1.42 bits per heavy atom. The Labute approximate surface area is 65.7 Å². The topological polar surface area (TPSA) is 17.1 Å². The Balaban J connectivity index is 1.97. The molecule has 68 valence electrons. The average Bonchev–Trinajstić information content (AvgIpc) is 2.70. The monoisotopic (exact) mass is 182 g/mol. The van der Waals surface area contributed by atoms with Gasteiger partial charge >= 0.3 is 0 Å². The van der Waals surface area contributed by atoms with Gasteiger partial charge in [0.1, 0.15) is 0 Å². The number of halogens is 4. The Hall–Kier alpha value is -0.610. The highest BCUT2D eigenvalue weighted by Crippen LogP contribution is 2.57. The molecule has 0 heterocycles. The molecule has 2 atom stereocenters. The Morgan fingerprint density at radius 1 is 1.00 bits per heavy atom. The highest BCUT2D eigenvalue weighted by Gasteiger charge is 2.70. The lowest BCUT2D eigenvalue weighted by Crippen LogP contribution is -2.13. The van der Waals surface area contributed by atoms with Crippen molar-refractivity contribution in [1.29, 1.82) is 0 Å². The molecule has 0 radical (unpaired) electrons. The molecule has 1 nitrogen and oxygen atoms in total. The van der Waals surface area contributed by atoms with E-state index in [1.165, 1.54) is 0 Å². The van der Waals surface area contributed by atoms with Crippen molar-refractivity contribution in [3.05, 3.63) is 0 Å². The number of Topliss-reactive ketones (excluding diaryl/α,β-unsaturated/α-hetero) is 1. The first-order valence-corrected chi connectivity index (χ1v) is 3.64. The van der Waals surface area contributed by atoms with Crippen LogP contribution in [0.4, 0.5) is 17.6 Å². The highest BCUT2D eigenvalue weighted by atomic mass is 19.3. The van der Waals surface area contributed by atoms with Crippen LogP contribution in [-0.4, -0.2) is 17.6 Å². The quantitative estimate of drug-likeness (QED) is 0.596. The predicted octanol–water partition coefficient (Wildman–Crippen LogP) is 1.87. The molecule has 0 aromatic heterocycles. The minimum atomic E-state index is -3.00. The number of alkyl halides is 4. The lowest BCUT2D eigenvalue weighted by molar-refractivity contribution is -0.125. The van der Waals surface area contributed by atoms with Gasteiger partial charge in [-0.1, -0.05) is 0 Å². The van der Waals surface area contributed by atoms with Crippen molar-refractivity contribution in [3.63, 3.8) is 0 Å². The Morgan fingerprint density at radius 2 is 1.25 bits per heavy atom. The first-order valence-electron chi connectivity index (χ1n) is 3.64. The van der Waals surface area contributed by atoms with E-state index in [1.807, 2.05) is 0 Å². The second kappa shape index (κ2) is 1.83. The molecule has 2 rings (SSSR count). The van der Waals surface area contributed by atoms with Crippen LogP contribution in [0.5, 0.6) is 0 Å². The van der Waals surface area contributed by atoms with E-state index in [0.29, 0.717) is 0 Å². The van der Waals surface area contributed by atoms with Crippen molar-refractivity contribution >= 4 is 5.78 Å². The number of hydrogen-bond acceptors (Lipinski definition) is 1. The highest BCUT2D eigenvalue weighted by molar-refractivity contribution is 5.90. The minimum absolute atomic E-state index is 0.543. The van der Waals surface area contributed by atoms with Crippen LogP contribution in [0, 0.1) is 11.8 Å². The fourth-order valence-corrected chi connectivity index (χ4v) is 1.29. The normalized spacial score (nSPS) is 40.7. The number of carbonyl (C=O) groups excluding carboxylic acids is 1. The van der Waals surface area contributed by atoms with Gasteiger partial charge in [-0.05, 0) is 0 Å². The molecule has 0 amide bonds. The lowest BCUT2D eigenvalue weighted by Gasteiger charge is -1.96. The second-order valence-corrected chi connectivity index (χ2v) is 3.44. The predicted molar refractivity (Wildman–Crippen MR) is 31.1 cm³/mol. The van der Waals surface area contributed by atoms with Gasteiger partial charge in [0.2, 0.25) is 0 Å². The molecule has 0 aliphatic heterocycles. The molecule has 5 heteroatoms. The molecule has 2 aliphatic rings. The molecule has 12 heavy (non-hydrogen) atoms. The van der Waals surface area contributed by atoms with Crippen molar-refractivity contribution in [1.82, 2.24) is 0 Å². The molecule has 0 spiro atoms. The van der Waals surface area contributed by atoms with Gasteiger partial charge in [-0.15, -0.1) is 0 Å². The zero-order valence-corrected chi connectivity index (χ0v) is 5.99. The average molecular weight is 182 g/mol. The second-order valence-electron chi connectivity index (χ2n) is 3.44. The third-order valence-electron chi connectivity index (χ3n) is 2.34. The molecule has 0 bridgehead atoms. The van der Waals surface area contributed by atoms with Gasteiger partial charge in [0.15, 0.2) is 5.78 Å². The minimum Gasteiger partial charge on any atom is -0.299 e. The maximum Gasteiger partial charge on any atom is 0.258 e. The van der Waals surface area contributed by atoms with Gasteiger partial charge in [0.25, 0.3) is 11.8 Å². The van der Waals surface area contributed by atoms with E-state index in [-0.39, 0.29) is 0 Å². The van der Waals surface area contributed by atoms with Crippen LogP contribution in [0.15, 0.2) is 0 Å². The molecule has 2 saturated carbocycles. The maximum absolute atomic E-state index is 12.2. The molecule has 0 unspecified atom stereocenters. The maximum atomic E-state index is 12.2. The van der Waals surface area contributed by atoms with Crippen LogP contribution in [0.25, 0.3) is 0 Å². The zero-order valence-electron chi connectivity index (χ0n) is 5.99. The third-order valence-corrected chi connectivity index (χ3v) is 2.34. The Bertz CT molecular complexity index is 224. The smallest absolute Gasteiger partial charge is 0.258 e. The fraction of sp³-hybridized carbons (Fsp3) is 0.857. The van der Waals surface area contributed by atoms with Crippen LogP contribution in [0.3, 0.4) is 0 Å². The molecule has 2 aliphatic carbocycles. The molecule has 0 saturated heterocycles. The molecule has 0 aromatic rings. The SMILES string of the molecule is O=C([C@H]1CC1(F)F)[C@H]1CC1(F)F. The van der Waals surface area contributed by atoms with Crippen LogP contribution in [0.2, 0.25) is 0 Å². The number of ketones is 1. The summed E-state index contributed by atoms with van der Waals surface area (Å²) in [6.07, 6.45) is -1.09. The van der Waals surface area contributed by atoms with Gasteiger partial charge in [-0.3, -0.25) is 4.79 Å². The summed E-state index contributed by atoms with van der Waals surface area (Å²) < 4.78 is 48.9. The summed E-state index contributed by atoms with van der Waals surface area (Å²) in [6, 6.07) is 0. The van der Waals surface area contributed by atoms with Gasteiger partial charge in [-0.25, -0.2) is 17.6 Å². The summed E-state index contributed by atoms with van der Waals surface area (Å²) in [7, 11) is 0. The van der Waals surface area contributed by atoms with Crippen LogP contribution in [0.1, 0.15) is 12.8 Å². The number of hydrogen-bond donors (Lipinski definition) is 0. The third kappa shape index (κ3) is 1.03. The number of rotatable bonds is 2. The van der Waals surface area contributed by atoms with Crippen molar-refractivity contribution in [2.24, 2.45) is 11.8 Å². The van der Waals surface area contributed by atoms with Crippen molar-refractivity contribution in [3.8, 4) is 0 Å². The van der Waals surface area contributed by atoms with E-state index in [0.717, 1.165) is 0 Å². The van der Waals surface area contributed by atoms with Crippen molar-refractivity contribution in [2.45, 2.75) is 24.7 Å². The van der Waals surface area contributed by atoms with E-state index < -0.39 is 42.3 Å². The molecular formula is C7H6F4O. The molecule has 0 N–H and O–H groups in total. The van der Waals surface area contributed by atoms with E-state index in [1.54, 1.807) is 0 Å². The van der Waals surface area contributed by atoms with Crippen LogP contribution in [-0.2, 0) is 4.79 Å². The van der Waals surface area contributed by atoms with Gasteiger partial charge in [-0.2, -0.15) is 0 Å². The van der Waals surface area contributed by atoms with Gasteiger partial charge < -0.3 is 0 Å². The molecular weight excluding hydrogens is 176 g/mol. The van der Waals surface area contributed by atoms with Crippen LogP contribution < -0.4 is 0 Å². The van der Waals surface area contributed by atoms with Crippen LogP contribution >= 0.6 is 0 Å². The summed E-state index contributed by atoms with van der Waals surface area (Å²) in [6.45, 7) is 0. The summed E-state index contributed by atoms with van der Waals surface area (Å²) in [5.41, 5.74) is 0. The van der Waals surface area contributed by atoms with Crippen molar-refractivity contribution < 1.29 is 22.4 Å². The first-order chi connectivity index (χ1) is 5.34. The standard InChI is InChI=1S/C7H6F4O/c8-6(9)1-3(6)5(12)4-2-7(4,10)11/h3-4H,1-2H2/t3-,4-/m1/s1. The van der Waals surface area contributed by atoms with Gasteiger partial charge in [0.05, 0.1) is 11.8 Å². The van der Waals surface area contributed by atoms with E-state index in [4.69, 9.17) is 0 Å². The fourth-order valence-electron chi connectivity index (χ4n) is 1.29. The van der Waals surface area contributed by atoms with E-state index in [2.05, 4.69) is 0 Å². The van der Waals surface area contributed by atoms with Gasteiger partial charge in [0, 0.05) is 12.8 Å².